The third-order valence-electron chi connectivity index (χ3n) is 4.21. The van der Waals surface area contributed by atoms with Gasteiger partial charge in [-0.15, -0.1) is 0 Å². The molecule has 0 bridgehead atoms. The summed E-state index contributed by atoms with van der Waals surface area (Å²) in [5, 5.41) is 9.84. The van der Waals surface area contributed by atoms with E-state index in [1.165, 1.54) is 7.11 Å². The molecule has 6 heteroatoms. The van der Waals surface area contributed by atoms with E-state index in [0.717, 1.165) is 43.8 Å². The molecule has 0 spiro atoms. The van der Waals surface area contributed by atoms with E-state index in [-0.39, 0.29) is 5.92 Å². The Bertz CT molecular complexity index is 515. The normalized spacial score (nSPS) is 18.1. The first-order chi connectivity index (χ1) is 10.5. The number of benzene rings is 1. The van der Waals surface area contributed by atoms with Gasteiger partial charge in [-0.1, -0.05) is 17.7 Å². The monoisotopic (exact) mass is 327 g/mol. The molecule has 1 aromatic rings. The minimum Gasteiger partial charge on any atom is -0.497 e. The Hall–Kier alpha value is -1.30. The second-order valence-electron chi connectivity index (χ2n) is 5.57. The van der Waals surface area contributed by atoms with Gasteiger partial charge in [0.2, 0.25) is 0 Å². The predicted octanol–water partition coefficient (Wildman–Crippen LogP) is 2.66. The molecule has 1 heterocycles. The highest BCUT2D eigenvalue weighted by atomic mass is 35.5. The minimum absolute atomic E-state index is 0.0742. The zero-order valence-electron chi connectivity index (χ0n) is 12.9. The molecule has 1 saturated heterocycles. The molecule has 0 saturated carbocycles. The van der Waals surface area contributed by atoms with Gasteiger partial charge in [0.05, 0.1) is 7.11 Å². The number of aliphatic carboxylic acids is 1. The van der Waals surface area contributed by atoms with E-state index in [1.807, 2.05) is 18.2 Å². The van der Waals surface area contributed by atoms with E-state index in [4.69, 9.17) is 26.2 Å². The number of likely N-dealkylation sites (tertiary alicyclic amines) is 1. The van der Waals surface area contributed by atoms with Crippen molar-refractivity contribution in [1.29, 1.82) is 0 Å². The Balaban J connectivity index is 1.91. The van der Waals surface area contributed by atoms with Crippen LogP contribution in [0, 0.1) is 5.92 Å². The highest BCUT2D eigenvalue weighted by molar-refractivity contribution is 6.31. The number of halogens is 1. The van der Waals surface area contributed by atoms with Gasteiger partial charge >= 0.3 is 5.97 Å². The molecule has 1 unspecified atom stereocenters. The Kier molecular flexibility index (Phi) is 6.06. The number of piperidine rings is 1. The van der Waals surface area contributed by atoms with Crippen molar-refractivity contribution in [3.63, 3.8) is 0 Å². The molecule has 0 aromatic heterocycles. The zero-order chi connectivity index (χ0) is 16.1. The van der Waals surface area contributed by atoms with E-state index in [9.17, 15) is 4.79 Å². The van der Waals surface area contributed by atoms with Crippen molar-refractivity contribution in [3.8, 4) is 5.75 Å². The maximum absolute atomic E-state index is 11.1. The van der Waals surface area contributed by atoms with Crippen LogP contribution in [0.2, 0.25) is 5.02 Å². The molecule has 0 amide bonds. The molecular weight excluding hydrogens is 306 g/mol. The quantitative estimate of drug-likeness (QED) is 0.870. The van der Waals surface area contributed by atoms with Crippen molar-refractivity contribution in [2.45, 2.75) is 25.5 Å². The summed E-state index contributed by atoms with van der Waals surface area (Å²) in [5.74, 6) is -0.0545. The summed E-state index contributed by atoms with van der Waals surface area (Å²) < 4.78 is 10.2. The van der Waals surface area contributed by atoms with Gasteiger partial charge in [0.25, 0.3) is 0 Å². The number of hydrogen-bond donors (Lipinski definition) is 1. The molecule has 122 valence electrons. The lowest BCUT2D eigenvalue weighted by Crippen LogP contribution is -2.41. The van der Waals surface area contributed by atoms with Crippen molar-refractivity contribution < 1.29 is 19.4 Å². The minimum atomic E-state index is -0.876. The summed E-state index contributed by atoms with van der Waals surface area (Å²) in [7, 11) is 3.08. The Morgan fingerprint density at radius 1 is 1.41 bits per heavy atom. The van der Waals surface area contributed by atoms with Crippen LogP contribution in [-0.4, -0.2) is 49.4 Å². The lowest BCUT2D eigenvalue weighted by Gasteiger charge is -2.34. The first kappa shape index (κ1) is 17.1. The lowest BCUT2D eigenvalue weighted by atomic mass is 9.91. The zero-order valence-corrected chi connectivity index (χ0v) is 13.7. The van der Waals surface area contributed by atoms with Crippen LogP contribution in [0.1, 0.15) is 18.4 Å². The molecule has 1 atom stereocenters. The largest absolute Gasteiger partial charge is 0.497 e. The second-order valence-corrected chi connectivity index (χ2v) is 5.97. The summed E-state index contributed by atoms with van der Waals surface area (Å²) in [6.45, 7) is 2.46. The number of carbonyl (C=O) groups is 1. The van der Waals surface area contributed by atoms with Crippen LogP contribution < -0.4 is 4.74 Å². The average molecular weight is 328 g/mol. The lowest BCUT2D eigenvalue weighted by molar-refractivity contribution is -0.153. The van der Waals surface area contributed by atoms with Gasteiger partial charge in [-0.2, -0.15) is 0 Å². The van der Waals surface area contributed by atoms with E-state index >= 15 is 0 Å². The van der Waals surface area contributed by atoms with Crippen molar-refractivity contribution >= 4 is 17.6 Å². The van der Waals surface area contributed by atoms with E-state index in [0.29, 0.717) is 5.02 Å². The first-order valence-electron chi connectivity index (χ1n) is 7.35. The summed E-state index contributed by atoms with van der Waals surface area (Å²) in [6, 6.07) is 5.69. The number of hydrogen-bond acceptors (Lipinski definition) is 4. The summed E-state index contributed by atoms with van der Waals surface area (Å²) in [5.41, 5.74) is 1.06. The molecule has 1 aliphatic heterocycles. The Labute approximate surface area is 135 Å². The molecule has 5 nitrogen and oxygen atoms in total. The SMILES string of the molecule is COc1ccc(CN2CCC(C(OC)C(=O)O)CC2)c(Cl)c1. The van der Waals surface area contributed by atoms with Crippen LogP contribution in [-0.2, 0) is 16.1 Å². The number of rotatable bonds is 6. The molecule has 2 rings (SSSR count). The van der Waals surface area contributed by atoms with Crippen LogP contribution in [0.5, 0.6) is 5.75 Å². The summed E-state index contributed by atoms with van der Waals surface area (Å²) in [4.78, 5) is 13.4. The highest BCUT2D eigenvalue weighted by Crippen LogP contribution is 2.27. The number of ether oxygens (including phenoxy) is 2. The summed E-state index contributed by atoms with van der Waals surface area (Å²) >= 11 is 6.27. The molecule has 0 aliphatic carbocycles. The van der Waals surface area contributed by atoms with Crippen molar-refractivity contribution in [2.75, 3.05) is 27.3 Å². The van der Waals surface area contributed by atoms with E-state index in [2.05, 4.69) is 4.90 Å². The third-order valence-corrected chi connectivity index (χ3v) is 4.56. The van der Waals surface area contributed by atoms with Gasteiger partial charge in [-0.25, -0.2) is 4.79 Å². The van der Waals surface area contributed by atoms with E-state index in [1.54, 1.807) is 7.11 Å². The fraction of sp³-hybridized carbons (Fsp3) is 0.562. The molecule has 0 radical (unpaired) electrons. The van der Waals surface area contributed by atoms with Crippen LogP contribution in [0.15, 0.2) is 18.2 Å². The second kappa shape index (κ2) is 7.81. The fourth-order valence-electron chi connectivity index (χ4n) is 2.93. The first-order valence-corrected chi connectivity index (χ1v) is 7.73. The van der Waals surface area contributed by atoms with Crippen molar-refractivity contribution in [3.05, 3.63) is 28.8 Å². The molecule has 1 N–H and O–H groups in total. The van der Waals surface area contributed by atoms with Gasteiger partial charge in [0, 0.05) is 18.7 Å². The van der Waals surface area contributed by atoms with Crippen LogP contribution >= 0.6 is 11.6 Å². The van der Waals surface area contributed by atoms with Crippen LogP contribution in [0.4, 0.5) is 0 Å². The maximum atomic E-state index is 11.1. The van der Waals surface area contributed by atoms with Gasteiger partial charge < -0.3 is 14.6 Å². The van der Waals surface area contributed by atoms with Gasteiger partial charge in [-0.05, 0) is 49.5 Å². The standard InChI is InChI=1S/C16H22ClNO4/c1-21-13-4-3-12(14(17)9-13)10-18-7-5-11(6-8-18)15(22-2)16(19)20/h3-4,9,11,15H,5-8,10H2,1-2H3,(H,19,20). The fourth-order valence-corrected chi connectivity index (χ4v) is 3.16. The van der Waals surface area contributed by atoms with Crippen molar-refractivity contribution in [1.82, 2.24) is 4.90 Å². The molecule has 22 heavy (non-hydrogen) atoms. The number of nitrogens with zero attached hydrogens (tertiary/aromatic N) is 1. The van der Waals surface area contributed by atoms with Gasteiger partial charge in [-0.3, -0.25) is 4.90 Å². The topological polar surface area (TPSA) is 59.0 Å². The predicted molar refractivity (Wildman–Crippen MR) is 84.4 cm³/mol. The highest BCUT2D eigenvalue weighted by Gasteiger charge is 2.31. The summed E-state index contributed by atoms with van der Waals surface area (Å²) in [6.07, 6.45) is 0.934. The average Bonchev–Trinajstić information content (AvgIpc) is 2.51. The number of carboxylic acids is 1. The Morgan fingerprint density at radius 3 is 2.59 bits per heavy atom. The maximum Gasteiger partial charge on any atom is 0.333 e. The molecule has 1 aliphatic rings. The Morgan fingerprint density at radius 2 is 2.09 bits per heavy atom. The third kappa shape index (κ3) is 4.12. The van der Waals surface area contributed by atoms with Gasteiger partial charge in [0.15, 0.2) is 6.10 Å². The molecule has 1 fully saturated rings. The smallest absolute Gasteiger partial charge is 0.333 e. The van der Waals surface area contributed by atoms with E-state index < -0.39 is 12.1 Å². The van der Waals surface area contributed by atoms with Crippen LogP contribution in [0.25, 0.3) is 0 Å². The van der Waals surface area contributed by atoms with Gasteiger partial charge in [0.1, 0.15) is 5.75 Å². The number of methoxy groups -OCH3 is 2. The molecule has 1 aromatic carbocycles. The number of carboxylic acid groups (broad SMARTS) is 1. The van der Waals surface area contributed by atoms with Crippen LogP contribution in [0.3, 0.4) is 0 Å². The van der Waals surface area contributed by atoms with Crippen molar-refractivity contribution in [2.24, 2.45) is 5.92 Å². The molecular formula is C16H22ClNO4.